The Morgan fingerprint density at radius 2 is 1.55 bits per heavy atom. The number of hydrogen-bond acceptors (Lipinski definition) is 3. The minimum Gasteiger partial charge on any atom is -0.423 e. The number of carbonyl (C=O) groups is 1. The molecule has 4 nitrogen and oxygen atoms in total. The summed E-state index contributed by atoms with van der Waals surface area (Å²) in [5.74, 6) is -0.715. The van der Waals surface area contributed by atoms with Crippen LogP contribution in [0.15, 0.2) is 72.8 Å². The standard InChI is InChI=1S/C25H20F2N2O2/c1-16(2)29-23-6-4-3-5-22(23)28-24(29)15-21(17-7-9-18(26)10-8-17)25(30)31-20-13-11-19(27)12-14-20/h3-16H,1-2H3/b21-15+. The Morgan fingerprint density at radius 3 is 2.19 bits per heavy atom. The third-order valence-corrected chi connectivity index (χ3v) is 4.81. The first kappa shape index (κ1) is 20.5. The summed E-state index contributed by atoms with van der Waals surface area (Å²) in [4.78, 5) is 17.7. The molecule has 4 rings (SSSR count). The van der Waals surface area contributed by atoms with E-state index in [-0.39, 0.29) is 17.4 Å². The molecule has 0 aliphatic heterocycles. The van der Waals surface area contributed by atoms with Crippen LogP contribution in [0.4, 0.5) is 8.78 Å². The summed E-state index contributed by atoms with van der Waals surface area (Å²) in [6, 6.07) is 18.5. The molecule has 0 N–H and O–H groups in total. The summed E-state index contributed by atoms with van der Waals surface area (Å²) in [7, 11) is 0. The van der Waals surface area contributed by atoms with Crippen LogP contribution in [0.2, 0.25) is 0 Å². The molecule has 1 heterocycles. The molecule has 0 aliphatic rings. The van der Waals surface area contributed by atoms with E-state index in [1.807, 2.05) is 42.7 Å². The molecule has 0 unspecified atom stereocenters. The molecule has 0 spiro atoms. The Kier molecular flexibility index (Phi) is 5.62. The monoisotopic (exact) mass is 418 g/mol. The van der Waals surface area contributed by atoms with Gasteiger partial charge in [0.1, 0.15) is 23.2 Å². The second-order valence-corrected chi connectivity index (χ2v) is 7.33. The van der Waals surface area contributed by atoms with Gasteiger partial charge in [0.15, 0.2) is 0 Å². The molecule has 0 fully saturated rings. The molecule has 6 heteroatoms. The van der Waals surface area contributed by atoms with E-state index in [1.54, 1.807) is 6.08 Å². The Bertz CT molecular complexity index is 1260. The van der Waals surface area contributed by atoms with Crippen molar-refractivity contribution in [3.63, 3.8) is 0 Å². The van der Waals surface area contributed by atoms with Gasteiger partial charge in [0.2, 0.25) is 0 Å². The van der Waals surface area contributed by atoms with Crippen LogP contribution in [0.3, 0.4) is 0 Å². The van der Waals surface area contributed by atoms with E-state index in [0.717, 1.165) is 11.0 Å². The maximum Gasteiger partial charge on any atom is 0.344 e. The fourth-order valence-corrected chi connectivity index (χ4v) is 3.39. The van der Waals surface area contributed by atoms with E-state index < -0.39 is 17.6 Å². The van der Waals surface area contributed by atoms with Gasteiger partial charge in [-0.3, -0.25) is 0 Å². The predicted molar refractivity (Wildman–Crippen MR) is 116 cm³/mol. The number of para-hydroxylation sites is 2. The first-order valence-corrected chi connectivity index (χ1v) is 9.85. The average Bonchev–Trinajstić information content (AvgIpc) is 3.12. The fourth-order valence-electron chi connectivity index (χ4n) is 3.39. The van der Waals surface area contributed by atoms with Gasteiger partial charge in [-0.05, 0) is 74.0 Å². The molecule has 0 saturated carbocycles. The first-order chi connectivity index (χ1) is 14.9. The van der Waals surface area contributed by atoms with Crippen LogP contribution < -0.4 is 4.74 Å². The molecule has 0 aliphatic carbocycles. The van der Waals surface area contributed by atoms with Crippen molar-refractivity contribution < 1.29 is 18.3 Å². The van der Waals surface area contributed by atoms with Crippen LogP contribution in [-0.2, 0) is 4.79 Å². The molecule has 156 valence electrons. The van der Waals surface area contributed by atoms with E-state index >= 15 is 0 Å². The number of hydrogen-bond donors (Lipinski definition) is 0. The van der Waals surface area contributed by atoms with E-state index in [4.69, 9.17) is 4.74 Å². The lowest BCUT2D eigenvalue weighted by Crippen LogP contribution is -2.12. The number of fused-ring (bicyclic) bond motifs is 1. The number of nitrogens with zero attached hydrogens (tertiary/aromatic N) is 2. The number of rotatable bonds is 5. The van der Waals surface area contributed by atoms with Crippen LogP contribution in [0.25, 0.3) is 22.7 Å². The van der Waals surface area contributed by atoms with Crippen molar-refractivity contribution in [2.24, 2.45) is 0 Å². The minimum atomic E-state index is -0.652. The molecule has 4 aromatic rings. The Morgan fingerprint density at radius 1 is 0.935 bits per heavy atom. The number of imidazole rings is 1. The van der Waals surface area contributed by atoms with Crippen molar-refractivity contribution in [3.8, 4) is 5.75 Å². The zero-order chi connectivity index (χ0) is 22.0. The second-order valence-electron chi connectivity index (χ2n) is 7.33. The first-order valence-electron chi connectivity index (χ1n) is 9.85. The number of halogens is 2. The molecule has 31 heavy (non-hydrogen) atoms. The molecule has 1 aromatic heterocycles. The van der Waals surface area contributed by atoms with Crippen LogP contribution in [0.5, 0.6) is 5.75 Å². The van der Waals surface area contributed by atoms with Crippen LogP contribution in [0.1, 0.15) is 31.3 Å². The van der Waals surface area contributed by atoms with E-state index in [2.05, 4.69) is 4.98 Å². The normalized spacial score (nSPS) is 11.8. The van der Waals surface area contributed by atoms with Gasteiger partial charge in [0.05, 0.1) is 16.6 Å². The smallest absolute Gasteiger partial charge is 0.344 e. The number of benzene rings is 3. The van der Waals surface area contributed by atoms with Crippen molar-refractivity contribution in [2.75, 3.05) is 0 Å². The third kappa shape index (κ3) is 4.38. The molecule has 0 radical (unpaired) electrons. The maximum absolute atomic E-state index is 13.5. The molecular formula is C25H20F2N2O2. The van der Waals surface area contributed by atoms with Crippen LogP contribution in [-0.4, -0.2) is 15.5 Å². The largest absolute Gasteiger partial charge is 0.423 e. The van der Waals surface area contributed by atoms with E-state index in [9.17, 15) is 13.6 Å². The summed E-state index contributed by atoms with van der Waals surface area (Å²) in [6.07, 6.45) is 1.64. The Labute approximate surface area is 178 Å². The van der Waals surface area contributed by atoms with Gasteiger partial charge in [0, 0.05) is 6.04 Å². The quantitative estimate of drug-likeness (QED) is 0.225. The Balaban J connectivity index is 1.83. The molecule has 0 atom stereocenters. The molecule has 0 amide bonds. The Hall–Kier alpha value is -3.80. The van der Waals surface area contributed by atoms with Crippen LogP contribution >= 0.6 is 0 Å². The van der Waals surface area contributed by atoms with Gasteiger partial charge in [-0.2, -0.15) is 0 Å². The zero-order valence-electron chi connectivity index (χ0n) is 17.0. The van der Waals surface area contributed by atoms with Gasteiger partial charge < -0.3 is 9.30 Å². The van der Waals surface area contributed by atoms with Gasteiger partial charge >= 0.3 is 5.97 Å². The highest BCUT2D eigenvalue weighted by Gasteiger charge is 2.19. The van der Waals surface area contributed by atoms with Gasteiger partial charge in [0.25, 0.3) is 0 Å². The lowest BCUT2D eigenvalue weighted by molar-refractivity contribution is -0.127. The highest BCUT2D eigenvalue weighted by molar-refractivity contribution is 6.22. The van der Waals surface area contributed by atoms with Gasteiger partial charge in [-0.1, -0.05) is 24.3 Å². The van der Waals surface area contributed by atoms with Crippen molar-refractivity contribution in [1.82, 2.24) is 9.55 Å². The number of esters is 1. The molecular weight excluding hydrogens is 398 g/mol. The highest BCUT2D eigenvalue weighted by Crippen LogP contribution is 2.26. The molecule has 0 saturated heterocycles. The third-order valence-electron chi connectivity index (χ3n) is 4.81. The summed E-state index contributed by atoms with van der Waals surface area (Å²) >= 11 is 0. The summed E-state index contributed by atoms with van der Waals surface area (Å²) in [5, 5.41) is 0. The summed E-state index contributed by atoms with van der Waals surface area (Å²) < 4.78 is 34.2. The lowest BCUT2D eigenvalue weighted by atomic mass is 10.1. The summed E-state index contributed by atoms with van der Waals surface area (Å²) in [5.41, 5.74) is 2.43. The number of aromatic nitrogens is 2. The maximum atomic E-state index is 13.5. The van der Waals surface area contributed by atoms with Crippen molar-refractivity contribution in [3.05, 3.63) is 95.8 Å². The van der Waals surface area contributed by atoms with Gasteiger partial charge in [-0.25, -0.2) is 18.6 Å². The predicted octanol–water partition coefficient (Wildman–Crippen LogP) is 6.04. The summed E-state index contributed by atoms with van der Waals surface area (Å²) in [6.45, 7) is 4.06. The highest BCUT2D eigenvalue weighted by atomic mass is 19.1. The molecule has 0 bridgehead atoms. The van der Waals surface area contributed by atoms with E-state index in [1.165, 1.54) is 48.5 Å². The van der Waals surface area contributed by atoms with E-state index in [0.29, 0.717) is 11.4 Å². The topological polar surface area (TPSA) is 44.1 Å². The van der Waals surface area contributed by atoms with Crippen molar-refractivity contribution in [2.45, 2.75) is 19.9 Å². The van der Waals surface area contributed by atoms with Crippen molar-refractivity contribution >= 4 is 28.7 Å². The number of ether oxygens (including phenoxy) is 1. The fraction of sp³-hybridized carbons (Fsp3) is 0.120. The SMILES string of the molecule is CC(C)n1c(/C=C(/C(=O)Oc2ccc(F)cc2)c2ccc(F)cc2)nc2ccccc21. The average molecular weight is 418 g/mol. The second kappa shape index (κ2) is 8.52. The van der Waals surface area contributed by atoms with Crippen molar-refractivity contribution in [1.29, 1.82) is 0 Å². The molecule has 3 aromatic carbocycles. The lowest BCUT2D eigenvalue weighted by Gasteiger charge is -2.13. The van der Waals surface area contributed by atoms with Crippen LogP contribution in [0, 0.1) is 11.6 Å². The van der Waals surface area contributed by atoms with Gasteiger partial charge in [-0.15, -0.1) is 0 Å². The number of carbonyl (C=O) groups excluding carboxylic acids is 1. The minimum absolute atomic E-state index is 0.0845. The zero-order valence-corrected chi connectivity index (χ0v) is 17.0.